The minimum Gasteiger partial charge on any atom is -0.494 e. The van der Waals surface area contributed by atoms with Gasteiger partial charge in [0, 0.05) is 35.1 Å². The zero-order valence-corrected chi connectivity index (χ0v) is 22.6. The van der Waals surface area contributed by atoms with Crippen LogP contribution in [-0.4, -0.2) is 46.8 Å². The van der Waals surface area contributed by atoms with Crippen molar-refractivity contribution in [2.45, 2.75) is 72.1 Å². The molecule has 200 valence electrons. The molecule has 1 N–H and O–H groups in total. The van der Waals surface area contributed by atoms with Crippen LogP contribution in [0.5, 0.6) is 5.75 Å². The summed E-state index contributed by atoms with van der Waals surface area (Å²) in [5, 5.41) is 12.0. The predicted octanol–water partition coefficient (Wildman–Crippen LogP) is 7.32. The molecule has 0 aliphatic rings. The van der Waals surface area contributed by atoms with Crippen molar-refractivity contribution in [3.63, 3.8) is 0 Å². The monoisotopic (exact) mass is 507 g/mol. The van der Waals surface area contributed by atoms with Crippen LogP contribution in [0.4, 0.5) is 5.69 Å². The summed E-state index contributed by atoms with van der Waals surface area (Å²) in [5.41, 5.74) is 2.70. The lowest BCUT2D eigenvalue weighted by molar-refractivity contribution is -0.384. The van der Waals surface area contributed by atoms with Gasteiger partial charge in [-0.25, -0.2) is 0 Å². The molecule has 0 saturated carbocycles. The van der Waals surface area contributed by atoms with Crippen LogP contribution < -0.4 is 4.74 Å². The molecule has 1 heterocycles. The Morgan fingerprint density at radius 1 is 0.919 bits per heavy atom. The van der Waals surface area contributed by atoms with Gasteiger partial charge in [-0.2, -0.15) is 0 Å². The SMILES string of the molecule is CCCCc1c(C(=O)c2ccc(OCCCN(CCCC)CCCC)cc2)[nH]c2ccc([N+](=O)[O-])cc12. The van der Waals surface area contributed by atoms with Gasteiger partial charge < -0.3 is 14.6 Å². The number of nitro benzene ring substituents is 1. The third kappa shape index (κ3) is 7.89. The Morgan fingerprint density at radius 2 is 1.57 bits per heavy atom. The largest absolute Gasteiger partial charge is 0.494 e. The third-order valence-electron chi connectivity index (χ3n) is 6.77. The summed E-state index contributed by atoms with van der Waals surface area (Å²) in [6.45, 7) is 10.5. The summed E-state index contributed by atoms with van der Waals surface area (Å²) >= 11 is 0. The molecule has 1 aromatic heterocycles. The molecule has 37 heavy (non-hydrogen) atoms. The number of nitro groups is 1. The number of carbonyl (C=O) groups is 1. The topological polar surface area (TPSA) is 88.5 Å². The number of ether oxygens (including phenoxy) is 1. The first-order valence-electron chi connectivity index (χ1n) is 13.8. The summed E-state index contributed by atoms with van der Waals surface area (Å²) in [7, 11) is 0. The first kappa shape index (κ1) is 28.4. The van der Waals surface area contributed by atoms with Crippen LogP contribution >= 0.6 is 0 Å². The lowest BCUT2D eigenvalue weighted by Crippen LogP contribution is -2.28. The highest BCUT2D eigenvalue weighted by atomic mass is 16.6. The number of carbonyl (C=O) groups excluding carboxylic acids is 1. The van der Waals surface area contributed by atoms with Crippen molar-refractivity contribution in [3.05, 3.63) is 69.4 Å². The molecule has 0 aliphatic heterocycles. The van der Waals surface area contributed by atoms with Gasteiger partial charge >= 0.3 is 0 Å². The zero-order chi connectivity index (χ0) is 26.6. The molecule has 3 rings (SSSR count). The van der Waals surface area contributed by atoms with Crippen molar-refractivity contribution in [2.24, 2.45) is 0 Å². The van der Waals surface area contributed by atoms with E-state index in [9.17, 15) is 14.9 Å². The van der Waals surface area contributed by atoms with Crippen LogP contribution in [0.25, 0.3) is 10.9 Å². The molecule has 0 amide bonds. The predicted molar refractivity (Wildman–Crippen MR) is 150 cm³/mol. The number of rotatable bonds is 17. The highest BCUT2D eigenvalue weighted by Crippen LogP contribution is 2.29. The van der Waals surface area contributed by atoms with E-state index in [-0.39, 0.29) is 11.5 Å². The number of benzene rings is 2. The van der Waals surface area contributed by atoms with Crippen LogP contribution in [0.1, 0.15) is 87.3 Å². The number of non-ortho nitro benzene ring substituents is 1. The fraction of sp³-hybridized carbons (Fsp3) is 0.500. The standard InChI is InChI=1S/C30H41N3O4/c1-4-7-11-26-27-22-24(33(35)36)14-17-28(27)31-29(26)30(34)23-12-15-25(16-13-23)37-21-10-20-32(18-8-5-2)19-9-6-3/h12-17,22,31H,4-11,18-21H2,1-3H3. The number of nitrogens with zero attached hydrogens (tertiary/aromatic N) is 2. The molecule has 0 spiro atoms. The van der Waals surface area contributed by atoms with E-state index in [0.29, 0.717) is 24.3 Å². The molecule has 0 atom stereocenters. The molecular formula is C30H41N3O4. The number of fused-ring (bicyclic) bond motifs is 1. The van der Waals surface area contributed by atoms with Crippen LogP contribution in [0, 0.1) is 10.1 Å². The Balaban J connectivity index is 1.66. The van der Waals surface area contributed by atoms with E-state index < -0.39 is 4.92 Å². The number of aromatic amines is 1. The van der Waals surface area contributed by atoms with Crippen molar-refractivity contribution >= 4 is 22.4 Å². The molecule has 7 heteroatoms. The molecule has 0 saturated heterocycles. The van der Waals surface area contributed by atoms with Crippen molar-refractivity contribution < 1.29 is 14.5 Å². The molecule has 7 nitrogen and oxygen atoms in total. The fourth-order valence-corrected chi connectivity index (χ4v) is 4.58. The molecule has 0 bridgehead atoms. The Kier molecular flexibility index (Phi) is 11.1. The number of hydrogen-bond donors (Lipinski definition) is 1. The molecule has 0 aliphatic carbocycles. The van der Waals surface area contributed by atoms with Crippen LogP contribution in [0.2, 0.25) is 0 Å². The number of hydrogen-bond acceptors (Lipinski definition) is 5. The van der Waals surface area contributed by atoms with E-state index in [1.54, 1.807) is 24.3 Å². The molecular weight excluding hydrogens is 466 g/mol. The Labute approximate surface area is 220 Å². The maximum absolute atomic E-state index is 13.4. The van der Waals surface area contributed by atoms with Crippen LogP contribution in [0.3, 0.4) is 0 Å². The van der Waals surface area contributed by atoms with E-state index >= 15 is 0 Å². The van der Waals surface area contributed by atoms with Gasteiger partial charge in [0.15, 0.2) is 0 Å². The quantitative estimate of drug-likeness (QED) is 0.0895. The normalized spacial score (nSPS) is 11.4. The molecule has 3 aromatic rings. The summed E-state index contributed by atoms with van der Waals surface area (Å²) < 4.78 is 5.96. The summed E-state index contributed by atoms with van der Waals surface area (Å²) in [6.07, 6.45) is 8.41. The van der Waals surface area contributed by atoms with Gasteiger partial charge in [-0.15, -0.1) is 0 Å². The Bertz CT molecular complexity index is 1150. The second-order valence-electron chi connectivity index (χ2n) is 9.67. The molecule has 0 unspecified atom stereocenters. The second-order valence-corrected chi connectivity index (χ2v) is 9.67. The minimum absolute atomic E-state index is 0.0311. The van der Waals surface area contributed by atoms with Gasteiger partial charge in [0.1, 0.15) is 5.75 Å². The van der Waals surface area contributed by atoms with Crippen molar-refractivity contribution in [3.8, 4) is 5.75 Å². The smallest absolute Gasteiger partial charge is 0.270 e. The number of nitrogens with one attached hydrogen (secondary N) is 1. The van der Waals surface area contributed by atoms with E-state index in [1.807, 2.05) is 12.1 Å². The van der Waals surface area contributed by atoms with Crippen LogP contribution in [0.15, 0.2) is 42.5 Å². The second kappa shape index (κ2) is 14.5. The van der Waals surface area contributed by atoms with E-state index in [4.69, 9.17) is 4.74 Å². The van der Waals surface area contributed by atoms with Gasteiger partial charge in [0.05, 0.1) is 17.2 Å². The average Bonchev–Trinajstić information content (AvgIpc) is 3.28. The molecule has 0 fully saturated rings. The highest BCUT2D eigenvalue weighted by Gasteiger charge is 2.21. The number of aryl methyl sites for hydroxylation is 1. The van der Waals surface area contributed by atoms with Gasteiger partial charge in [-0.05, 0) is 81.1 Å². The summed E-state index contributed by atoms with van der Waals surface area (Å²) in [4.78, 5) is 30.1. The number of unbranched alkanes of at least 4 members (excludes halogenated alkanes) is 3. The number of aromatic nitrogens is 1. The fourth-order valence-electron chi connectivity index (χ4n) is 4.58. The molecule has 2 aromatic carbocycles. The van der Waals surface area contributed by atoms with Crippen molar-refractivity contribution in [1.82, 2.24) is 9.88 Å². The van der Waals surface area contributed by atoms with Gasteiger partial charge in [0.25, 0.3) is 5.69 Å². The maximum Gasteiger partial charge on any atom is 0.270 e. The van der Waals surface area contributed by atoms with Gasteiger partial charge in [-0.1, -0.05) is 40.0 Å². The average molecular weight is 508 g/mol. The number of ketones is 1. The first-order chi connectivity index (χ1) is 18.0. The lowest BCUT2D eigenvalue weighted by atomic mass is 9.99. The van der Waals surface area contributed by atoms with E-state index in [0.717, 1.165) is 61.1 Å². The number of H-pyrrole nitrogens is 1. The van der Waals surface area contributed by atoms with Gasteiger partial charge in [-0.3, -0.25) is 14.9 Å². The third-order valence-corrected chi connectivity index (χ3v) is 6.77. The first-order valence-corrected chi connectivity index (χ1v) is 13.8. The minimum atomic E-state index is -0.399. The Hall–Kier alpha value is -3.19. The highest BCUT2D eigenvalue weighted by molar-refractivity contribution is 6.12. The summed E-state index contributed by atoms with van der Waals surface area (Å²) in [6, 6.07) is 12.0. The van der Waals surface area contributed by atoms with E-state index in [1.165, 1.54) is 31.7 Å². The lowest BCUT2D eigenvalue weighted by Gasteiger charge is -2.21. The molecule has 0 radical (unpaired) electrons. The Morgan fingerprint density at radius 3 is 2.19 bits per heavy atom. The van der Waals surface area contributed by atoms with Crippen LogP contribution in [-0.2, 0) is 6.42 Å². The summed E-state index contributed by atoms with van der Waals surface area (Å²) in [5.74, 6) is 0.641. The maximum atomic E-state index is 13.4. The van der Waals surface area contributed by atoms with Crippen molar-refractivity contribution in [1.29, 1.82) is 0 Å². The van der Waals surface area contributed by atoms with Gasteiger partial charge in [0.2, 0.25) is 5.78 Å². The van der Waals surface area contributed by atoms with E-state index in [2.05, 4.69) is 30.7 Å². The zero-order valence-electron chi connectivity index (χ0n) is 22.6. The van der Waals surface area contributed by atoms with Crippen molar-refractivity contribution in [2.75, 3.05) is 26.2 Å².